The number of hydrogen-bond donors (Lipinski definition) is 2. The number of anilines is 3. The largest absolute Gasteiger partial charge is 0.457 e. The second kappa shape index (κ2) is 6.51. The number of fused-ring (bicyclic) bond motifs is 2. The fraction of sp³-hybridized carbons (Fsp3) is 0. The van der Waals surface area contributed by atoms with Crippen LogP contribution >= 0.6 is 0 Å². The highest BCUT2D eigenvalue weighted by Gasteiger charge is 2.06. The molecule has 0 saturated carbocycles. The number of nitrogen functional groups attached to an aromatic ring is 1. The number of ether oxygens (including phenoxy) is 1. The van der Waals surface area contributed by atoms with Crippen molar-refractivity contribution in [3.63, 3.8) is 0 Å². The number of nitrogens with one attached hydrogen (secondary N) is 1. The van der Waals surface area contributed by atoms with Crippen LogP contribution in [0.4, 0.5) is 17.2 Å². The van der Waals surface area contributed by atoms with Crippen LogP contribution in [0.2, 0.25) is 0 Å². The lowest BCUT2D eigenvalue weighted by molar-refractivity contribution is 0.482. The maximum absolute atomic E-state index is 5.90. The van der Waals surface area contributed by atoms with E-state index in [-0.39, 0.29) is 0 Å². The summed E-state index contributed by atoms with van der Waals surface area (Å²) in [4.78, 5) is 12.8. The van der Waals surface area contributed by atoms with Gasteiger partial charge < -0.3 is 15.8 Å². The molecule has 0 amide bonds. The molecule has 8 heteroatoms. The summed E-state index contributed by atoms with van der Waals surface area (Å²) in [6.45, 7) is 0. The number of benzene rings is 2. The van der Waals surface area contributed by atoms with Gasteiger partial charge in [0.2, 0.25) is 0 Å². The second-order valence-electron chi connectivity index (χ2n) is 6.18. The molecular weight excluding hydrogens is 354 g/mol. The van der Waals surface area contributed by atoms with Crippen molar-refractivity contribution < 1.29 is 4.74 Å². The molecule has 5 rings (SSSR count). The SMILES string of the molecule is Nc1ccc2ncnc(Nc3ccc(Oc4ccn5ncnc5c4)cc3)c2c1. The topological polar surface area (TPSA) is 103 Å². The van der Waals surface area contributed by atoms with Crippen LogP contribution in [-0.4, -0.2) is 24.6 Å². The lowest BCUT2D eigenvalue weighted by atomic mass is 10.2. The quantitative estimate of drug-likeness (QED) is 0.465. The van der Waals surface area contributed by atoms with Crippen LogP contribution in [0, 0.1) is 0 Å². The number of nitrogens with two attached hydrogens (primary N) is 1. The van der Waals surface area contributed by atoms with E-state index in [1.54, 1.807) is 10.7 Å². The molecule has 3 aromatic heterocycles. The Morgan fingerprint density at radius 1 is 0.857 bits per heavy atom. The first kappa shape index (κ1) is 16.0. The van der Waals surface area contributed by atoms with Gasteiger partial charge in [0.1, 0.15) is 30.0 Å². The highest BCUT2D eigenvalue weighted by Crippen LogP contribution is 2.27. The Labute approximate surface area is 159 Å². The first-order chi connectivity index (χ1) is 13.7. The lowest BCUT2D eigenvalue weighted by Crippen LogP contribution is -1.97. The minimum atomic E-state index is 0.666. The zero-order valence-electron chi connectivity index (χ0n) is 14.6. The zero-order valence-corrected chi connectivity index (χ0v) is 14.6. The summed E-state index contributed by atoms with van der Waals surface area (Å²) in [5.74, 6) is 2.10. The first-order valence-electron chi connectivity index (χ1n) is 8.59. The Hall–Kier alpha value is -4.20. The summed E-state index contributed by atoms with van der Waals surface area (Å²) in [6, 6.07) is 16.8. The van der Waals surface area contributed by atoms with Crippen molar-refractivity contribution in [2.45, 2.75) is 0 Å². The van der Waals surface area contributed by atoms with Gasteiger partial charge in [-0.25, -0.2) is 19.5 Å². The van der Waals surface area contributed by atoms with Gasteiger partial charge in [-0.05, 0) is 48.5 Å². The van der Waals surface area contributed by atoms with Crippen LogP contribution in [0.15, 0.2) is 73.4 Å². The summed E-state index contributed by atoms with van der Waals surface area (Å²) in [5.41, 5.74) is 9.00. The monoisotopic (exact) mass is 369 g/mol. The highest BCUT2D eigenvalue weighted by atomic mass is 16.5. The molecule has 3 N–H and O–H groups in total. The minimum absolute atomic E-state index is 0.666. The molecule has 28 heavy (non-hydrogen) atoms. The van der Waals surface area contributed by atoms with E-state index >= 15 is 0 Å². The van der Waals surface area contributed by atoms with Crippen molar-refractivity contribution in [3.8, 4) is 11.5 Å². The van der Waals surface area contributed by atoms with Gasteiger partial charge in [-0.2, -0.15) is 5.10 Å². The Bertz CT molecular complexity index is 1280. The maximum Gasteiger partial charge on any atom is 0.158 e. The fourth-order valence-electron chi connectivity index (χ4n) is 2.91. The third-order valence-corrected chi connectivity index (χ3v) is 4.26. The predicted octanol–water partition coefficient (Wildman–Crippen LogP) is 3.79. The average Bonchev–Trinajstić information content (AvgIpc) is 3.18. The molecule has 0 radical (unpaired) electrons. The van der Waals surface area contributed by atoms with Crippen molar-refractivity contribution in [1.29, 1.82) is 0 Å². The van der Waals surface area contributed by atoms with Crippen LogP contribution in [-0.2, 0) is 0 Å². The summed E-state index contributed by atoms with van der Waals surface area (Å²) in [5, 5.41) is 8.24. The molecule has 0 aliphatic carbocycles. The smallest absolute Gasteiger partial charge is 0.158 e. The van der Waals surface area contributed by atoms with Gasteiger partial charge >= 0.3 is 0 Å². The minimum Gasteiger partial charge on any atom is -0.457 e. The van der Waals surface area contributed by atoms with Crippen molar-refractivity contribution in [2.24, 2.45) is 0 Å². The number of rotatable bonds is 4. The molecule has 0 aliphatic heterocycles. The molecule has 0 spiro atoms. The van der Waals surface area contributed by atoms with Crippen LogP contribution in [0.5, 0.6) is 11.5 Å². The van der Waals surface area contributed by atoms with Crippen LogP contribution in [0.3, 0.4) is 0 Å². The maximum atomic E-state index is 5.90. The van der Waals surface area contributed by atoms with Crippen molar-refractivity contribution in [3.05, 3.63) is 73.4 Å². The average molecular weight is 369 g/mol. The summed E-state index contributed by atoms with van der Waals surface area (Å²) >= 11 is 0. The zero-order chi connectivity index (χ0) is 18.9. The third-order valence-electron chi connectivity index (χ3n) is 4.26. The summed E-state index contributed by atoms with van der Waals surface area (Å²) < 4.78 is 7.58. The molecule has 3 heterocycles. The molecule has 0 unspecified atom stereocenters. The molecule has 0 fully saturated rings. The van der Waals surface area contributed by atoms with Crippen LogP contribution < -0.4 is 15.8 Å². The first-order valence-corrected chi connectivity index (χ1v) is 8.59. The second-order valence-corrected chi connectivity index (χ2v) is 6.18. The molecular formula is C20H15N7O. The van der Waals surface area contributed by atoms with Crippen LogP contribution in [0.25, 0.3) is 16.6 Å². The van der Waals surface area contributed by atoms with Gasteiger partial charge in [0.15, 0.2) is 5.65 Å². The fourth-order valence-corrected chi connectivity index (χ4v) is 2.91. The van der Waals surface area contributed by atoms with Gasteiger partial charge in [-0.15, -0.1) is 0 Å². The number of pyridine rings is 1. The van der Waals surface area contributed by atoms with E-state index in [4.69, 9.17) is 10.5 Å². The van der Waals surface area contributed by atoms with Crippen LogP contribution in [0.1, 0.15) is 0 Å². The summed E-state index contributed by atoms with van der Waals surface area (Å²) in [7, 11) is 0. The van der Waals surface area contributed by atoms with E-state index in [1.165, 1.54) is 12.7 Å². The lowest BCUT2D eigenvalue weighted by Gasteiger charge is -2.10. The number of nitrogens with zero attached hydrogens (tertiary/aromatic N) is 5. The normalized spacial score (nSPS) is 11.0. The van der Waals surface area contributed by atoms with E-state index in [0.717, 1.165) is 22.2 Å². The summed E-state index contributed by atoms with van der Waals surface area (Å²) in [6.07, 6.45) is 4.84. The van der Waals surface area contributed by atoms with E-state index < -0.39 is 0 Å². The Morgan fingerprint density at radius 2 is 1.75 bits per heavy atom. The Kier molecular flexibility index (Phi) is 3.72. The van der Waals surface area contributed by atoms with E-state index in [1.807, 2.05) is 54.6 Å². The van der Waals surface area contributed by atoms with Gasteiger partial charge in [0.25, 0.3) is 0 Å². The predicted molar refractivity (Wildman–Crippen MR) is 107 cm³/mol. The molecule has 0 aliphatic rings. The van der Waals surface area contributed by atoms with E-state index in [9.17, 15) is 0 Å². The molecule has 2 aromatic carbocycles. The van der Waals surface area contributed by atoms with Gasteiger partial charge in [0, 0.05) is 29.0 Å². The van der Waals surface area contributed by atoms with E-state index in [0.29, 0.717) is 23.0 Å². The molecule has 136 valence electrons. The Balaban J connectivity index is 1.37. The molecule has 0 bridgehead atoms. The number of aromatic nitrogens is 5. The Morgan fingerprint density at radius 3 is 2.64 bits per heavy atom. The van der Waals surface area contributed by atoms with Gasteiger partial charge in [-0.1, -0.05) is 0 Å². The van der Waals surface area contributed by atoms with Crippen molar-refractivity contribution >= 4 is 33.7 Å². The standard InChI is InChI=1S/C20H15N7O/c21-13-1-6-18-17(9-13)20(24-11-22-18)26-14-2-4-15(5-3-14)28-16-7-8-27-19(10-16)23-12-25-27/h1-12H,21H2,(H,22,24,26). The molecule has 0 atom stereocenters. The molecule has 8 nitrogen and oxygen atoms in total. The molecule has 0 saturated heterocycles. The highest BCUT2D eigenvalue weighted by molar-refractivity contribution is 5.92. The number of hydrogen-bond acceptors (Lipinski definition) is 7. The van der Waals surface area contributed by atoms with E-state index in [2.05, 4.69) is 25.4 Å². The third kappa shape index (κ3) is 3.03. The van der Waals surface area contributed by atoms with Crippen molar-refractivity contribution in [2.75, 3.05) is 11.1 Å². The van der Waals surface area contributed by atoms with Gasteiger partial charge in [-0.3, -0.25) is 0 Å². The van der Waals surface area contributed by atoms with Crippen molar-refractivity contribution in [1.82, 2.24) is 24.6 Å². The molecule has 5 aromatic rings. The van der Waals surface area contributed by atoms with Gasteiger partial charge in [0.05, 0.1) is 5.52 Å².